The summed E-state index contributed by atoms with van der Waals surface area (Å²) in [6.45, 7) is 4.58. The second-order valence-electron chi connectivity index (χ2n) is 7.07. The third kappa shape index (κ3) is 3.01. The Labute approximate surface area is 158 Å². The zero-order valence-electron chi connectivity index (χ0n) is 15.2. The fraction of sp³-hybridized carbons (Fsp3) is 0.333. The number of amides is 1. The number of nitrogens with one attached hydrogen (secondary N) is 1. The maximum absolute atomic E-state index is 13.4. The largest absolute Gasteiger partial charge is 0.482 e. The number of ether oxygens (including phenoxy) is 1. The molecule has 6 heteroatoms. The molecule has 0 unspecified atom stereocenters. The van der Waals surface area contributed by atoms with Crippen LogP contribution in [0.3, 0.4) is 0 Å². The average Bonchev–Trinajstić information content (AvgIpc) is 3.18. The van der Waals surface area contributed by atoms with Crippen LogP contribution in [-0.4, -0.2) is 27.7 Å². The Kier molecular flexibility index (Phi) is 4.48. The molecule has 0 atom stereocenters. The molecule has 0 radical (unpaired) electrons. The fourth-order valence-corrected chi connectivity index (χ4v) is 4.00. The predicted molar refractivity (Wildman–Crippen MR) is 103 cm³/mol. The summed E-state index contributed by atoms with van der Waals surface area (Å²) in [6, 6.07) is 11.0. The van der Waals surface area contributed by atoms with Crippen molar-refractivity contribution >= 4 is 5.91 Å². The molecular weight excluding hydrogens is 342 g/mol. The number of pyridine rings is 1. The van der Waals surface area contributed by atoms with Gasteiger partial charge >= 0.3 is 0 Å². The number of carbonyl (C=O) groups is 1. The highest BCUT2D eigenvalue weighted by molar-refractivity contribution is 5.96. The summed E-state index contributed by atoms with van der Waals surface area (Å²) in [5.41, 5.74) is 3.72. The van der Waals surface area contributed by atoms with Crippen molar-refractivity contribution in [3.8, 4) is 5.75 Å². The minimum Gasteiger partial charge on any atom is -0.482 e. The standard InChI is InChI=1S/C21H23N3O3/c1-2-21(11-6-7-12-21)23-15-22-24-13-10-17(25)19(18(24)20(23)26)27-14-16-8-4-3-5-9-16/h2-5,8-10,13,22H,1,6-7,11-12,14-15H2. The molecule has 1 aliphatic carbocycles. The summed E-state index contributed by atoms with van der Waals surface area (Å²) >= 11 is 0. The number of carbonyl (C=O) groups excluding carboxylic acids is 1. The van der Waals surface area contributed by atoms with Crippen molar-refractivity contribution in [1.82, 2.24) is 9.58 Å². The van der Waals surface area contributed by atoms with Gasteiger partial charge in [-0.05, 0) is 18.4 Å². The van der Waals surface area contributed by atoms with E-state index in [4.69, 9.17) is 4.74 Å². The molecule has 4 rings (SSSR count). The van der Waals surface area contributed by atoms with E-state index in [0.29, 0.717) is 6.67 Å². The lowest BCUT2D eigenvalue weighted by atomic mass is 9.94. The summed E-state index contributed by atoms with van der Waals surface area (Å²) in [6.07, 6.45) is 7.37. The van der Waals surface area contributed by atoms with Crippen LogP contribution in [0.5, 0.6) is 5.75 Å². The van der Waals surface area contributed by atoms with Crippen LogP contribution in [-0.2, 0) is 6.61 Å². The third-order valence-corrected chi connectivity index (χ3v) is 5.51. The molecule has 1 fully saturated rings. The number of rotatable bonds is 5. The van der Waals surface area contributed by atoms with Gasteiger partial charge in [0.1, 0.15) is 13.3 Å². The van der Waals surface area contributed by atoms with Crippen molar-refractivity contribution in [3.05, 3.63) is 76.7 Å². The Balaban J connectivity index is 1.69. The number of nitrogens with zero attached hydrogens (tertiary/aromatic N) is 2. The van der Waals surface area contributed by atoms with E-state index in [9.17, 15) is 9.59 Å². The van der Waals surface area contributed by atoms with Crippen molar-refractivity contribution < 1.29 is 9.53 Å². The molecule has 1 saturated carbocycles. The van der Waals surface area contributed by atoms with Crippen molar-refractivity contribution in [2.75, 3.05) is 12.1 Å². The second kappa shape index (κ2) is 6.95. The van der Waals surface area contributed by atoms with Crippen molar-refractivity contribution in [1.29, 1.82) is 0 Å². The lowest BCUT2D eigenvalue weighted by Gasteiger charge is -2.42. The van der Waals surface area contributed by atoms with Crippen LogP contribution in [0, 0.1) is 0 Å². The van der Waals surface area contributed by atoms with Crippen LogP contribution < -0.4 is 15.6 Å². The maximum atomic E-state index is 13.4. The maximum Gasteiger partial charge on any atom is 0.278 e. The predicted octanol–water partition coefficient (Wildman–Crippen LogP) is 2.88. The Morgan fingerprint density at radius 1 is 1.15 bits per heavy atom. The van der Waals surface area contributed by atoms with Crippen LogP contribution in [0.15, 0.2) is 60.0 Å². The van der Waals surface area contributed by atoms with Gasteiger partial charge in [0.05, 0.1) is 5.54 Å². The summed E-state index contributed by atoms with van der Waals surface area (Å²) in [4.78, 5) is 27.6. The van der Waals surface area contributed by atoms with E-state index in [0.717, 1.165) is 31.2 Å². The van der Waals surface area contributed by atoms with E-state index in [-0.39, 0.29) is 34.9 Å². The zero-order valence-corrected chi connectivity index (χ0v) is 15.2. The first-order chi connectivity index (χ1) is 13.1. The van der Waals surface area contributed by atoms with Gasteiger partial charge in [0.2, 0.25) is 5.43 Å². The molecule has 1 aromatic carbocycles. The summed E-state index contributed by atoms with van der Waals surface area (Å²) < 4.78 is 7.41. The summed E-state index contributed by atoms with van der Waals surface area (Å²) in [5.74, 6) is -0.114. The second-order valence-corrected chi connectivity index (χ2v) is 7.07. The highest BCUT2D eigenvalue weighted by Gasteiger charge is 2.43. The highest BCUT2D eigenvalue weighted by Crippen LogP contribution is 2.38. The highest BCUT2D eigenvalue weighted by atomic mass is 16.5. The summed E-state index contributed by atoms with van der Waals surface area (Å²) in [5, 5.41) is 0. The molecule has 1 aromatic heterocycles. The number of hydrogen-bond acceptors (Lipinski definition) is 4. The van der Waals surface area contributed by atoms with Crippen LogP contribution in [0.4, 0.5) is 0 Å². The van der Waals surface area contributed by atoms with Gasteiger partial charge in [0.15, 0.2) is 11.4 Å². The number of aromatic nitrogens is 1. The number of benzene rings is 1. The van der Waals surface area contributed by atoms with E-state index >= 15 is 0 Å². The Hall–Kier alpha value is -3.02. The molecule has 2 aliphatic rings. The van der Waals surface area contributed by atoms with Gasteiger partial charge in [0, 0.05) is 12.3 Å². The van der Waals surface area contributed by atoms with Crippen LogP contribution >= 0.6 is 0 Å². The number of hydrogen-bond donors (Lipinski definition) is 1. The lowest BCUT2D eigenvalue weighted by molar-refractivity contribution is 0.0540. The normalized spacial score (nSPS) is 17.9. The van der Waals surface area contributed by atoms with E-state index in [1.807, 2.05) is 36.4 Å². The van der Waals surface area contributed by atoms with Crippen molar-refractivity contribution in [2.24, 2.45) is 0 Å². The van der Waals surface area contributed by atoms with Gasteiger partial charge in [-0.1, -0.05) is 49.2 Å². The lowest BCUT2D eigenvalue weighted by Crippen LogP contribution is -2.56. The minimum absolute atomic E-state index is 0.0840. The minimum atomic E-state index is -0.363. The molecule has 27 heavy (non-hydrogen) atoms. The molecule has 0 saturated heterocycles. The Bertz CT molecular complexity index is 914. The smallest absolute Gasteiger partial charge is 0.278 e. The van der Waals surface area contributed by atoms with Gasteiger partial charge < -0.3 is 15.1 Å². The van der Waals surface area contributed by atoms with Crippen LogP contribution in [0.2, 0.25) is 0 Å². The van der Waals surface area contributed by atoms with E-state index in [2.05, 4.69) is 12.0 Å². The molecule has 2 aromatic rings. The molecule has 2 heterocycles. The first-order valence-electron chi connectivity index (χ1n) is 9.26. The van der Waals surface area contributed by atoms with Gasteiger partial charge in [0.25, 0.3) is 5.91 Å². The molecular formula is C21H23N3O3. The average molecular weight is 365 g/mol. The fourth-order valence-electron chi connectivity index (χ4n) is 4.00. The molecule has 1 aliphatic heterocycles. The van der Waals surface area contributed by atoms with Gasteiger partial charge in [-0.15, -0.1) is 6.58 Å². The number of fused-ring (bicyclic) bond motifs is 1. The topological polar surface area (TPSA) is 63.6 Å². The quantitative estimate of drug-likeness (QED) is 0.828. The van der Waals surface area contributed by atoms with Crippen molar-refractivity contribution in [2.45, 2.75) is 37.8 Å². The molecule has 6 nitrogen and oxygen atoms in total. The Morgan fingerprint density at radius 3 is 2.59 bits per heavy atom. The first-order valence-corrected chi connectivity index (χ1v) is 9.26. The third-order valence-electron chi connectivity index (χ3n) is 5.51. The Morgan fingerprint density at radius 2 is 1.89 bits per heavy atom. The summed E-state index contributed by atoms with van der Waals surface area (Å²) in [7, 11) is 0. The molecule has 1 amide bonds. The molecule has 0 bridgehead atoms. The van der Waals surface area contributed by atoms with Crippen LogP contribution in [0.1, 0.15) is 41.7 Å². The van der Waals surface area contributed by atoms with Gasteiger partial charge in [-0.3, -0.25) is 14.3 Å². The van der Waals surface area contributed by atoms with Gasteiger partial charge in [-0.25, -0.2) is 0 Å². The molecule has 0 spiro atoms. The van der Waals surface area contributed by atoms with E-state index in [1.165, 1.54) is 6.07 Å². The van der Waals surface area contributed by atoms with Crippen LogP contribution in [0.25, 0.3) is 0 Å². The van der Waals surface area contributed by atoms with Crippen molar-refractivity contribution in [3.63, 3.8) is 0 Å². The SMILES string of the molecule is C=CC1(N2CNn3ccc(=O)c(OCc4ccccc4)c3C2=O)CCCC1. The van der Waals surface area contributed by atoms with E-state index in [1.54, 1.807) is 15.8 Å². The molecule has 1 N–H and O–H groups in total. The molecule has 140 valence electrons. The van der Waals surface area contributed by atoms with Gasteiger partial charge in [-0.2, -0.15) is 0 Å². The first kappa shape index (κ1) is 17.4. The monoisotopic (exact) mass is 365 g/mol. The zero-order chi connectivity index (χ0) is 18.9. The van der Waals surface area contributed by atoms with E-state index < -0.39 is 0 Å².